The number of nitrogens with one attached hydrogen (secondary N) is 2. The van der Waals surface area contributed by atoms with E-state index in [9.17, 15) is 4.39 Å². The van der Waals surface area contributed by atoms with Crippen LogP contribution in [0.1, 0.15) is 31.2 Å². The van der Waals surface area contributed by atoms with Crippen molar-refractivity contribution in [1.29, 1.82) is 0 Å². The van der Waals surface area contributed by atoms with E-state index in [-0.39, 0.29) is 5.82 Å². The van der Waals surface area contributed by atoms with Crippen molar-refractivity contribution in [2.75, 3.05) is 0 Å². The Morgan fingerprint density at radius 3 is 2.70 bits per heavy atom. The van der Waals surface area contributed by atoms with E-state index in [4.69, 9.17) is 0 Å². The van der Waals surface area contributed by atoms with Crippen LogP contribution in [0, 0.1) is 5.82 Å². The Hall–Kier alpha value is -2.79. The highest BCUT2D eigenvalue weighted by Crippen LogP contribution is 2.27. The molecule has 1 aromatic heterocycles. The lowest BCUT2D eigenvalue weighted by molar-refractivity contribution is 0.418. The molecule has 0 saturated heterocycles. The zero-order chi connectivity index (χ0) is 18.6. The van der Waals surface area contributed by atoms with E-state index in [1.54, 1.807) is 6.07 Å². The van der Waals surface area contributed by atoms with Crippen LogP contribution in [0.15, 0.2) is 60.9 Å². The fraction of sp³-hybridized carbons (Fsp3) is 0.273. The van der Waals surface area contributed by atoms with Crippen LogP contribution < -0.4 is 5.32 Å². The van der Waals surface area contributed by atoms with Crippen LogP contribution in [0.5, 0.6) is 0 Å². The van der Waals surface area contributed by atoms with E-state index >= 15 is 0 Å². The van der Waals surface area contributed by atoms with Crippen molar-refractivity contribution in [3.63, 3.8) is 0 Å². The molecule has 2 aromatic carbocycles. The fourth-order valence-electron chi connectivity index (χ4n) is 3.58. The molecule has 0 amide bonds. The third-order valence-corrected chi connectivity index (χ3v) is 5.17. The number of hydrogen-bond donors (Lipinski definition) is 2. The smallest absolute Gasteiger partial charge is 0.180 e. The van der Waals surface area contributed by atoms with Gasteiger partial charge in [0.25, 0.3) is 0 Å². The molecule has 0 spiro atoms. The van der Waals surface area contributed by atoms with Crippen molar-refractivity contribution in [2.24, 2.45) is 0 Å². The van der Waals surface area contributed by atoms with Crippen molar-refractivity contribution in [1.82, 2.24) is 20.5 Å². The molecule has 5 heteroatoms. The van der Waals surface area contributed by atoms with E-state index in [2.05, 4.69) is 39.2 Å². The van der Waals surface area contributed by atoms with Gasteiger partial charge in [-0.15, -0.1) is 0 Å². The standard InChI is InChI=1S/C22H23FN4/c1-15-5-8-19(9-6-15)24-13-16-3-2-4-17(11-16)20-10-7-18(12-21(20)23)22-25-14-26-27-22/h2-4,7,10-12,14,19,24H,1,5-6,8-9,13H2,(H,25,26,27). The van der Waals surface area contributed by atoms with Gasteiger partial charge in [-0.05, 0) is 48.9 Å². The first-order valence-electron chi connectivity index (χ1n) is 9.34. The van der Waals surface area contributed by atoms with Gasteiger partial charge in [0, 0.05) is 23.7 Å². The van der Waals surface area contributed by atoms with Gasteiger partial charge in [-0.2, -0.15) is 5.10 Å². The third-order valence-electron chi connectivity index (χ3n) is 5.17. The fourth-order valence-corrected chi connectivity index (χ4v) is 3.58. The third kappa shape index (κ3) is 4.14. The van der Waals surface area contributed by atoms with Crippen LogP contribution in [0.3, 0.4) is 0 Å². The monoisotopic (exact) mass is 362 g/mol. The van der Waals surface area contributed by atoms with Gasteiger partial charge >= 0.3 is 0 Å². The molecular formula is C22H23FN4. The topological polar surface area (TPSA) is 53.6 Å². The summed E-state index contributed by atoms with van der Waals surface area (Å²) >= 11 is 0. The Kier molecular flexibility index (Phi) is 5.12. The van der Waals surface area contributed by atoms with Crippen molar-refractivity contribution >= 4 is 0 Å². The molecule has 1 aliphatic carbocycles. The van der Waals surface area contributed by atoms with Gasteiger partial charge in [-0.25, -0.2) is 9.37 Å². The molecule has 4 nitrogen and oxygen atoms in total. The number of hydrogen-bond acceptors (Lipinski definition) is 3. The maximum atomic E-state index is 14.7. The number of allylic oxidation sites excluding steroid dienone is 1. The van der Waals surface area contributed by atoms with Crippen LogP contribution in [0.2, 0.25) is 0 Å². The zero-order valence-electron chi connectivity index (χ0n) is 15.2. The van der Waals surface area contributed by atoms with Gasteiger partial charge in [-0.3, -0.25) is 5.10 Å². The summed E-state index contributed by atoms with van der Waals surface area (Å²) in [5.41, 5.74) is 4.65. The summed E-state index contributed by atoms with van der Waals surface area (Å²) in [5, 5.41) is 10.3. The van der Waals surface area contributed by atoms with Crippen molar-refractivity contribution in [3.8, 4) is 22.5 Å². The Bertz CT molecular complexity index is 923. The number of aromatic nitrogens is 3. The summed E-state index contributed by atoms with van der Waals surface area (Å²) < 4.78 is 14.7. The average Bonchev–Trinajstić information content (AvgIpc) is 3.22. The second-order valence-electron chi connectivity index (χ2n) is 7.12. The number of H-pyrrole nitrogens is 1. The molecule has 4 rings (SSSR count). The molecule has 1 saturated carbocycles. The van der Waals surface area contributed by atoms with Gasteiger partial charge < -0.3 is 5.32 Å². The van der Waals surface area contributed by atoms with E-state index in [1.165, 1.54) is 18.0 Å². The first-order valence-corrected chi connectivity index (χ1v) is 9.34. The summed E-state index contributed by atoms with van der Waals surface area (Å²) in [5.74, 6) is 0.224. The van der Waals surface area contributed by atoms with Crippen LogP contribution in [-0.2, 0) is 6.54 Å². The van der Waals surface area contributed by atoms with Crippen LogP contribution >= 0.6 is 0 Å². The van der Waals surface area contributed by atoms with E-state index in [0.29, 0.717) is 23.0 Å². The van der Waals surface area contributed by atoms with Crippen molar-refractivity contribution in [3.05, 3.63) is 72.3 Å². The maximum Gasteiger partial charge on any atom is 0.180 e. The molecule has 0 aliphatic heterocycles. The van der Waals surface area contributed by atoms with Crippen molar-refractivity contribution < 1.29 is 4.39 Å². The highest BCUT2D eigenvalue weighted by Gasteiger charge is 2.15. The summed E-state index contributed by atoms with van der Waals surface area (Å²) in [6, 6.07) is 13.7. The molecule has 27 heavy (non-hydrogen) atoms. The number of rotatable bonds is 5. The summed E-state index contributed by atoms with van der Waals surface area (Å²) in [6.07, 6.45) is 6.01. The first kappa shape index (κ1) is 17.6. The lowest BCUT2D eigenvalue weighted by Gasteiger charge is -2.24. The Morgan fingerprint density at radius 1 is 1.11 bits per heavy atom. The van der Waals surface area contributed by atoms with E-state index in [0.717, 1.165) is 43.4 Å². The predicted octanol–water partition coefficient (Wildman–Crippen LogP) is 4.87. The van der Waals surface area contributed by atoms with E-state index < -0.39 is 0 Å². The molecule has 1 fully saturated rings. The molecule has 0 bridgehead atoms. The quantitative estimate of drug-likeness (QED) is 0.637. The minimum atomic E-state index is -0.270. The first-order chi connectivity index (χ1) is 13.2. The normalized spacial score (nSPS) is 15.2. The highest BCUT2D eigenvalue weighted by atomic mass is 19.1. The van der Waals surface area contributed by atoms with Gasteiger partial charge in [0.1, 0.15) is 12.1 Å². The van der Waals surface area contributed by atoms with Gasteiger partial charge in [-0.1, -0.05) is 42.5 Å². The largest absolute Gasteiger partial charge is 0.310 e. The average molecular weight is 362 g/mol. The molecule has 0 radical (unpaired) electrons. The minimum Gasteiger partial charge on any atom is -0.310 e. The molecular weight excluding hydrogens is 339 g/mol. The summed E-state index contributed by atoms with van der Waals surface area (Å²) in [7, 11) is 0. The van der Waals surface area contributed by atoms with Gasteiger partial charge in [0.05, 0.1) is 0 Å². The van der Waals surface area contributed by atoms with Crippen LogP contribution in [-0.4, -0.2) is 21.2 Å². The maximum absolute atomic E-state index is 14.7. The van der Waals surface area contributed by atoms with Crippen molar-refractivity contribution in [2.45, 2.75) is 38.3 Å². The van der Waals surface area contributed by atoms with Gasteiger partial charge in [0.2, 0.25) is 0 Å². The molecule has 0 unspecified atom stereocenters. The highest BCUT2D eigenvalue weighted by molar-refractivity contribution is 5.68. The predicted molar refractivity (Wildman–Crippen MR) is 105 cm³/mol. The second kappa shape index (κ2) is 7.84. The SMILES string of the molecule is C=C1CCC(NCc2cccc(-c3ccc(-c4nc[nH]n4)cc3F)c2)CC1. The molecule has 2 N–H and O–H groups in total. The molecule has 1 heterocycles. The van der Waals surface area contributed by atoms with Gasteiger partial charge in [0.15, 0.2) is 5.82 Å². The number of nitrogens with zero attached hydrogens (tertiary/aromatic N) is 2. The lowest BCUT2D eigenvalue weighted by Crippen LogP contribution is -2.30. The van der Waals surface area contributed by atoms with Crippen LogP contribution in [0.4, 0.5) is 4.39 Å². The van der Waals surface area contributed by atoms with Crippen LogP contribution in [0.25, 0.3) is 22.5 Å². The lowest BCUT2D eigenvalue weighted by atomic mass is 9.92. The molecule has 1 aliphatic rings. The molecule has 138 valence electrons. The number of benzene rings is 2. The number of aromatic amines is 1. The van der Waals surface area contributed by atoms with E-state index in [1.807, 2.05) is 18.2 Å². The second-order valence-corrected chi connectivity index (χ2v) is 7.12. The Morgan fingerprint density at radius 2 is 1.96 bits per heavy atom. The zero-order valence-corrected chi connectivity index (χ0v) is 15.2. The summed E-state index contributed by atoms with van der Waals surface area (Å²) in [6.45, 7) is 4.86. The molecule has 3 aromatic rings. The minimum absolute atomic E-state index is 0.270. The number of halogens is 1. The Labute approximate surface area is 158 Å². The summed E-state index contributed by atoms with van der Waals surface area (Å²) in [4.78, 5) is 4.07. The molecule has 0 atom stereocenters. The Balaban J connectivity index is 1.48.